The Morgan fingerprint density at radius 1 is 0.865 bits per heavy atom. The van der Waals surface area contributed by atoms with Crippen molar-refractivity contribution >= 4 is 22.2 Å². The van der Waals surface area contributed by atoms with E-state index in [2.05, 4.69) is 96.4 Å². The first-order chi connectivity index (χ1) is 18.2. The van der Waals surface area contributed by atoms with E-state index in [-0.39, 0.29) is 0 Å². The van der Waals surface area contributed by atoms with Crippen LogP contribution >= 0.6 is 0 Å². The summed E-state index contributed by atoms with van der Waals surface area (Å²) in [6.07, 6.45) is 1.95. The molecule has 1 aliphatic rings. The van der Waals surface area contributed by atoms with Gasteiger partial charge in [0.05, 0.1) is 6.20 Å². The molecule has 1 saturated heterocycles. The van der Waals surface area contributed by atoms with E-state index in [1.54, 1.807) is 0 Å². The number of hydrogen-bond acceptors (Lipinski definition) is 5. The predicted molar refractivity (Wildman–Crippen MR) is 151 cm³/mol. The lowest BCUT2D eigenvalue weighted by atomic mass is 10.1. The lowest BCUT2D eigenvalue weighted by molar-refractivity contribution is 0.201. The average molecular weight is 492 g/mol. The molecule has 2 aromatic heterocycles. The highest BCUT2D eigenvalue weighted by Gasteiger charge is 2.22. The topological polar surface area (TPSA) is 45.9 Å². The fraction of sp³-hybridized carbons (Fsp3) is 0.290. The van der Waals surface area contributed by atoms with Crippen LogP contribution in [0.15, 0.2) is 85.1 Å². The van der Waals surface area contributed by atoms with Crippen molar-refractivity contribution in [2.24, 2.45) is 0 Å². The molecule has 188 valence electrons. The lowest BCUT2D eigenvalue weighted by Crippen LogP contribution is -2.48. The van der Waals surface area contributed by atoms with Gasteiger partial charge in [-0.2, -0.15) is 9.61 Å². The predicted octanol–water partition coefficient (Wildman–Crippen LogP) is 5.87. The van der Waals surface area contributed by atoms with Crippen molar-refractivity contribution in [3.05, 3.63) is 90.8 Å². The Morgan fingerprint density at radius 2 is 1.62 bits per heavy atom. The van der Waals surface area contributed by atoms with Crippen molar-refractivity contribution in [2.45, 2.75) is 19.8 Å². The Hall–Kier alpha value is -3.90. The zero-order chi connectivity index (χ0) is 25.2. The summed E-state index contributed by atoms with van der Waals surface area (Å²) in [6.45, 7) is 9.89. The van der Waals surface area contributed by atoms with E-state index in [9.17, 15) is 0 Å². The third kappa shape index (κ3) is 4.77. The molecule has 0 saturated carbocycles. The smallest absolute Gasteiger partial charge is 0.165 e. The molecule has 1 fully saturated rings. The van der Waals surface area contributed by atoms with Gasteiger partial charge in [0.2, 0.25) is 0 Å². The van der Waals surface area contributed by atoms with Crippen molar-refractivity contribution in [1.82, 2.24) is 19.5 Å². The summed E-state index contributed by atoms with van der Waals surface area (Å²) in [7, 11) is 0. The van der Waals surface area contributed by atoms with Gasteiger partial charge >= 0.3 is 0 Å². The number of piperazine rings is 1. The van der Waals surface area contributed by atoms with Gasteiger partial charge in [-0.15, -0.1) is 0 Å². The van der Waals surface area contributed by atoms with E-state index in [1.165, 1.54) is 10.8 Å². The molecule has 0 aliphatic carbocycles. The van der Waals surface area contributed by atoms with Crippen molar-refractivity contribution in [3.8, 4) is 16.9 Å². The minimum Gasteiger partial charge on any atom is -0.492 e. The van der Waals surface area contributed by atoms with E-state index >= 15 is 0 Å². The highest BCUT2D eigenvalue weighted by Crippen LogP contribution is 2.29. The maximum Gasteiger partial charge on any atom is 0.165 e. The highest BCUT2D eigenvalue weighted by atomic mass is 16.5. The third-order valence-corrected chi connectivity index (χ3v) is 7.26. The molecular weight excluding hydrogens is 458 g/mol. The van der Waals surface area contributed by atoms with Crippen LogP contribution in [0.5, 0.6) is 5.75 Å². The minimum absolute atomic E-state index is 0.342. The molecule has 6 nitrogen and oxygen atoms in total. The molecule has 0 spiro atoms. The van der Waals surface area contributed by atoms with E-state index in [0.717, 1.165) is 66.8 Å². The van der Waals surface area contributed by atoms with Gasteiger partial charge in [-0.05, 0) is 22.9 Å². The van der Waals surface area contributed by atoms with Gasteiger partial charge in [-0.25, -0.2) is 4.98 Å². The van der Waals surface area contributed by atoms with Crippen LogP contribution in [-0.4, -0.2) is 58.8 Å². The third-order valence-electron chi connectivity index (χ3n) is 7.26. The van der Waals surface area contributed by atoms with Gasteiger partial charge in [0, 0.05) is 55.4 Å². The van der Waals surface area contributed by atoms with Crippen LogP contribution in [0.3, 0.4) is 0 Å². The number of hydrogen-bond donors (Lipinski definition) is 0. The lowest BCUT2D eigenvalue weighted by Gasteiger charge is -2.36. The average Bonchev–Trinajstić information content (AvgIpc) is 3.38. The summed E-state index contributed by atoms with van der Waals surface area (Å²) < 4.78 is 8.22. The zero-order valence-electron chi connectivity index (χ0n) is 21.5. The standard InChI is InChI=1S/C31H33N5O/c1-23(2)28-21-30(36-31(33-28)27(22-32-36)25-9-4-3-5-10-25)35-17-15-34(16-18-35)19-20-37-29-14-8-12-24-11-6-7-13-26(24)29/h3-14,21-23H,15-20H2,1-2H3. The first-order valence-electron chi connectivity index (χ1n) is 13.2. The summed E-state index contributed by atoms with van der Waals surface area (Å²) in [5, 5.41) is 7.16. The van der Waals surface area contributed by atoms with Gasteiger partial charge < -0.3 is 9.64 Å². The Labute approximate surface area is 218 Å². The molecule has 6 rings (SSSR count). The van der Waals surface area contributed by atoms with Gasteiger partial charge in [0.15, 0.2) is 5.65 Å². The molecule has 3 heterocycles. The Morgan fingerprint density at radius 3 is 2.43 bits per heavy atom. The second-order valence-electron chi connectivity index (χ2n) is 10.0. The zero-order valence-corrected chi connectivity index (χ0v) is 21.5. The number of aromatic nitrogens is 3. The Kier molecular flexibility index (Phi) is 6.49. The van der Waals surface area contributed by atoms with Crippen LogP contribution in [0.4, 0.5) is 5.82 Å². The molecule has 0 N–H and O–H groups in total. The SMILES string of the molecule is CC(C)c1cc(N2CCN(CCOc3cccc4ccccc34)CC2)n2ncc(-c3ccccc3)c2n1. The quantitative estimate of drug-likeness (QED) is 0.285. The molecule has 0 atom stereocenters. The van der Waals surface area contributed by atoms with Crippen LogP contribution in [0.1, 0.15) is 25.5 Å². The fourth-order valence-corrected chi connectivity index (χ4v) is 5.11. The van der Waals surface area contributed by atoms with Crippen molar-refractivity contribution in [3.63, 3.8) is 0 Å². The van der Waals surface area contributed by atoms with Crippen LogP contribution in [0.25, 0.3) is 27.5 Å². The van der Waals surface area contributed by atoms with Gasteiger partial charge in [0.1, 0.15) is 18.2 Å². The highest BCUT2D eigenvalue weighted by molar-refractivity contribution is 5.88. The maximum absolute atomic E-state index is 6.20. The van der Waals surface area contributed by atoms with Crippen molar-refractivity contribution < 1.29 is 4.74 Å². The summed E-state index contributed by atoms with van der Waals surface area (Å²) in [6, 6.07) is 27.3. The fourth-order valence-electron chi connectivity index (χ4n) is 5.11. The second kappa shape index (κ2) is 10.2. The Bertz CT molecular complexity index is 1500. The summed E-state index contributed by atoms with van der Waals surface area (Å²) in [5.41, 5.74) is 4.26. The largest absolute Gasteiger partial charge is 0.492 e. The minimum atomic E-state index is 0.342. The molecule has 1 aliphatic heterocycles. The van der Waals surface area contributed by atoms with E-state index in [0.29, 0.717) is 12.5 Å². The number of nitrogens with zero attached hydrogens (tertiary/aromatic N) is 5. The number of rotatable bonds is 7. The molecule has 37 heavy (non-hydrogen) atoms. The molecule has 5 aromatic rings. The summed E-state index contributed by atoms with van der Waals surface area (Å²) in [4.78, 5) is 9.96. The van der Waals surface area contributed by atoms with Gasteiger partial charge in [0.25, 0.3) is 0 Å². The van der Waals surface area contributed by atoms with E-state index in [1.807, 2.05) is 16.8 Å². The van der Waals surface area contributed by atoms with Crippen molar-refractivity contribution in [2.75, 3.05) is 44.2 Å². The number of anilines is 1. The van der Waals surface area contributed by atoms with E-state index in [4.69, 9.17) is 14.8 Å². The summed E-state index contributed by atoms with van der Waals surface area (Å²) >= 11 is 0. The van der Waals surface area contributed by atoms with Gasteiger partial charge in [-0.1, -0.05) is 80.6 Å². The maximum atomic E-state index is 6.20. The molecule has 0 bridgehead atoms. The van der Waals surface area contributed by atoms with Crippen LogP contribution in [0.2, 0.25) is 0 Å². The monoisotopic (exact) mass is 491 g/mol. The molecule has 0 radical (unpaired) electrons. The number of benzene rings is 3. The number of fused-ring (bicyclic) bond motifs is 2. The first-order valence-corrected chi connectivity index (χ1v) is 13.2. The molecule has 6 heteroatoms. The normalized spacial score (nSPS) is 14.6. The molecule has 0 unspecified atom stereocenters. The van der Waals surface area contributed by atoms with Crippen LogP contribution in [0, 0.1) is 0 Å². The van der Waals surface area contributed by atoms with Crippen LogP contribution in [-0.2, 0) is 0 Å². The molecule has 3 aromatic carbocycles. The van der Waals surface area contributed by atoms with E-state index < -0.39 is 0 Å². The number of ether oxygens (including phenoxy) is 1. The van der Waals surface area contributed by atoms with Crippen molar-refractivity contribution in [1.29, 1.82) is 0 Å². The first kappa shape index (κ1) is 23.5. The molecular formula is C31H33N5O. The second-order valence-corrected chi connectivity index (χ2v) is 10.0. The van der Waals surface area contributed by atoms with Crippen LogP contribution < -0.4 is 9.64 Å². The summed E-state index contributed by atoms with van der Waals surface area (Å²) in [5.74, 6) is 2.43. The Balaban J connectivity index is 1.15. The molecule has 0 amide bonds. The van der Waals surface area contributed by atoms with Gasteiger partial charge in [-0.3, -0.25) is 4.90 Å².